The summed E-state index contributed by atoms with van der Waals surface area (Å²) in [5, 5.41) is 3.37. The molecule has 0 spiro atoms. The lowest BCUT2D eigenvalue weighted by Gasteiger charge is -2.11. The summed E-state index contributed by atoms with van der Waals surface area (Å²) in [6.07, 6.45) is 3.64. The van der Waals surface area contributed by atoms with Gasteiger partial charge in [0.1, 0.15) is 0 Å². The molecule has 0 saturated heterocycles. The van der Waals surface area contributed by atoms with E-state index >= 15 is 0 Å². The number of hydrogen-bond donors (Lipinski definition) is 0. The van der Waals surface area contributed by atoms with Crippen LogP contribution in [0.15, 0.2) is 170 Å². The van der Waals surface area contributed by atoms with Crippen LogP contribution in [0.25, 0.3) is 89.6 Å². The van der Waals surface area contributed by atoms with E-state index in [1.54, 1.807) is 6.20 Å². The number of hydrogen-bond acceptors (Lipinski definition) is 6. The van der Waals surface area contributed by atoms with Crippen LogP contribution in [-0.2, 0) is 0 Å². The van der Waals surface area contributed by atoms with E-state index in [0.29, 0.717) is 17.5 Å². The number of benzene rings is 5. The summed E-state index contributed by atoms with van der Waals surface area (Å²) in [5.41, 5.74) is 9.25. The van der Waals surface area contributed by atoms with Gasteiger partial charge in [-0.1, -0.05) is 127 Å². The van der Waals surface area contributed by atoms with Crippen molar-refractivity contribution >= 4 is 21.7 Å². The van der Waals surface area contributed by atoms with Crippen LogP contribution >= 0.6 is 0 Å². The van der Waals surface area contributed by atoms with Gasteiger partial charge >= 0.3 is 0 Å². The van der Waals surface area contributed by atoms with Crippen LogP contribution in [0, 0.1) is 0 Å². The molecule has 5 aromatic carbocycles. The summed E-state index contributed by atoms with van der Waals surface area (Å²) >= 11 is 0. The first kappa shape index (κ1) is 29.2. The van der Waals surface area contributed by atoms with Crippen molar-refractivity contribution in [2.45, 2.75) is 0 Å². The minimum Gasteiger partial charge on any atom is -0.264 e. The van der Waals surface area contributed by atoms with Gasteiger partial charge in [0.25, 0.3) is 0 Å². The van der Waals surface area contributed by atoms with Gasteiger partial charge in [-0.2, -0.15) is 0 Å². The number of aromatic nitrogens is 6. The summed E-state index contributed by atoms with van der Waals surface area (Å²) < 4.78 is 0. The van der Waals surface area contributed by atoms with Gasteiger partial charge in [0.15, 0.2) is 17.5 Å². The van der Waals surface area contributed by atoms with E-state index in [0.717, 1.165) is 72.1 Å². The average Bonchev–Trinajstić information content (AvgIpc) is 3.21. The molecule has 6 nitrogen and oxygen atoms in total. The Labute approximate surface area is 288 Å². The largest absolute Gasteiger partial charge is 0.264 e. The van der Waals surface area contributed by atoms with E-state index in [2.05, 4.69) is 77.8 Å². The SMILES string of the molecule is c1ccc(-c2nc(-c3ccc(-c4cccnc4)cc3)nc(-c3cccc(-c4cccc(-c5nc6ccccc6c6ccccc56)n4)c3)n2)cc1. The van der Waals surface area contributed by atoms with Crippen LogP contribution in [0.3, 0.4) is 0 Å². The first-order valence-corrected chi connectivity index (χ1v) is 16.4. The zero-order valence-electron chi connectivity index (χ0n) is 26.8. The molecular formula is C44H28N6. The number of rotatable bonds is 6. The number of nitrogens with zero attached hydrogens (tertiary/aromatic N) is 6. The lowest BCUT2D eigenvalue weighted by Crippen LogP contribution is -2.00. The molecule has 0 unspecified atom stereocenters. The fourth-order valence-corrected chi connectivity index (χ4v) is 6.34. The summed E-state index contributed by atoms with van der Waals surface area (Å²) in [6, 6.07) is 53.2. The molecule has 0 aliphatic rings. The van der Waals surface area contributed by atoms with Crippen molar-refractivity contribution in [3.8, 4) is 67.9 Å². The Hall–Kier alpha value is -6.92. The molecular weight excluding hydrogens is 613 g/mol. The highest BCUT2D eigenvalue weighted by Gasteiger charge is 2.15. The van der Waals surface area contributed by atoms with E-state index in [9.17, 15) is 0 Å². The molecule has 0 saturated carbocycles. The third-order valence-corrected chi connectivity index (χ3v) is 8.82. The fourth-order valence-electron chi connectivity index (χ4n) is 6.34. The summed E-state index contributed by atoms with van der Waals surface area (Å²) in [6.45, 7) is 0. The molecule has 4 heterocycles. The quantitative estimate of drug-likeness (QED) is 0.168. The highest BCUT2D eigenvalue weighted by Crippen LogP contribution is 2.33. The Bertz CT molecular complexity index is 2640. The van der Waals surface area contributed by atoms with Crippen LogP contribution in [0.4, 0.5) is 0 Å². The first-order valence-electron chi connectivity index (χ1n) is 16.4. The first-order chi connectivity index (χ1) is 24.8. The van der Waals surface area contributed by atoms with Gasteiger partial charge in [-0.25, -0.2) is 24.9 Å². The molecule has 6 heteroatoms. The second-order valence-corrected chi connectivity index (χ2v) is 12.0. The van der Waals surface area contributed by atoms with Gasteiger partial charge in [0.05, 0.1) is 22.6 Å². The van der Waals surface area contributed by atoms with Crippen LogP contribution in [-0.4, -0.2) is 29.9 Å². The minimum absolute atomic E-state index is 0.588. The van der Waals surface area contributed by atoms with E-state index in [-0.39, 0.29) is 0 Å². The molecule has 0 N–H and O–H groups in total. The topological polar surface area (TPSA) is 77.3 Å². The summed E-state index contributed by atoms with van der Waals surface area (Å²) in [4.78, 5) is 29.4. The van der Waals surface area contributed by atoms with Crippen molar-refractivity contribution in [3.63, 3.8) is 0 Å². The maximum Gasteiger partial charge on any atom is 0.164 e. The third kappa shape index (κ3) is 5.55. The average molecular weight is 641 g/mol. The lowest BCUT2D eigenvalue weighted by atomic mass is 10.0. The lowest BCUT2D eigenvalue weighted by molar-refractivity contribution is 1.07. The van der Waals surface area contributed by atoms with Gasteiger partial charge in [-0.05, 0) is 46.8 Å². The summed E-state index contributed by atoms with van der Waals surface area (Å²) in [7, 11) is 0. The van der Waals surface area contributed by atoms with E-state index in [1.807, 2.05) is 91.1 Å². The minimum atomic E-state index is 0.588. The Morgan fingerprint density at radius 2 is 0.900 bits per heavy atom. The monoisotopic (exact) mass is 640 g/mol. The predicted molar refractivity (Wildman–Crippen MR) is 201 cm³/mol. The predicted octanol–water partition coefficient (Wildman–Crippen LogP) is 10.4. The second kappa shape index (κ2) is 12.6. The van der Waals surface area contributed by atoms with Gasteiger partial charge < -0.3 is 0 Å². The molecule has 50 heavy (non-hydrogen) atoms. The van der Waals surface area contributed by atoms with Gasteiger partial charge in [-0.15, -0.1) is 0 Å². The van der Waals surface area contributed by atoms with Gasteiger partial charge in [-0.3, -0.25) is 4.98 Å². The smallest absolute Gasteiger partial charge is 0.164 e. The number of pyridine rings is 3. The molecule has 0 aliphatic carbocycles. The highest BCUT2D eigenvalue weighted by atomic mass is 15.0. The molecule has 0 fully saturated rings. The Morgan fingerprint density at radius 1 is 0.320 bits per heavy atom. The van der Waals surface area contributed by atoms with Crippen LogP contribution in [0.2, 0.25) is 0 Å². The van der Waals surface area contributed by atoms with E-state index in [1.165, 1.54) is 0 Å². The molecule has 9 aromatic rings. The van der Waals surface area contributed by atoms with Crippen LogP contribution in [0.1, 0.15) is 0 Å². The van der Waals surface area contributed by atoms with E-state index in [4.69, 9.17) is 24.9 Å². The Morgan fingerprint density at radius 3 is 1.68 bits per heavy atom. The molecule has 0 amide bonds. The molecule has 0 bridgehead atoms. The van der Waals surface area contributed by atoms with Crippen molar-refractivity contribution < 1.29 is 0 Å². The third-order valence-electron chi connectivity index (χ3n) is 8.82. The number of para-hydroxylation sites is 1. The number of fused-ring (bicyclic) bond motifs is 3. The molecule has 4 aromatic heterocycles. The maximum atomic E-state index is 5.15. The van der Waals surface area contributed by atoms with Crippen LogP contribution in [0.5, 0.6) is 0 Å². The molecule has 234 valence electrons. The molecule has 0 radical (unpaired) electrons. The fraction of sp³-hybridized carbons (Fsp3) is 0. The Balaban J connectivity index is 1.13. The van der Waals surface area contributed by atoms with Gasteiger partial charge in [0.2, 0.25) is 0 Å². The van der Waals surface area contributed by atoms with Crippen LogP contribution < -0.4 is 0 Å². The standard InChI is InChI=1S/C44H28N6/c1-2-11-30(12-3-1)42-48-43(31-24-22-29(23-25-31)34-15-10-26-45-28-34)50-44(49-42)33-14-8-13-32(27-33)38-20-9-21-40(46-38)41-37-18-5-4-16-35(37)36-17-6-7-19-39(36)47-41/h1-28H. The van der Waals surface area contributed by atoms with E-state index < -0.39 is 0 Å². The van der Waals surface area contributed by atoms with Crippen molar-refractivity contribution in [1.29, 1.82) is 0 Å². The Kier molecular flexibility index (Phi) is 7.37. The zero-order valence-corrected chi connectivity index (χ0v) is 26.8. The molecule has 0 aliphatic heterocycles. The maximum absolute atomic E-state index is 5.15. The van der Waals surface area contributed by atoms with Gasteiger partial charge in [0, 0.05) is 45.4 Å². The molecule has 0 atom stereocenters. The summed E-state index contributed by atoms with van der Waals surface area (Å²) in [5.74, 6) is 1.80. The van der Waals surface area contributed by atoms with Crippen molar-refractivity contribution in [2.75, 3.05) is 0 Å². The van der Waals surface area contributed by atoms with Crippen molar-refractivity contribution in [1.82, 2.24) is 29.9 Å². The normalized spacial score (nSPS) is 11.2. The highest BCUT2D eigenvalue weighted by molar-refractivity contribution is 6.10. The van der Waals surface area contributed by atoms with Crippen molar-refractivity contribution in [2.24, 2.45) is 0 Å². The van der Waals surface area contributed by atoms with Crippen molar-refractivity contribution in [3.05, 3.63) is 170 Å². The molecule has 9 rings (SSSR count). The second-order valence-electron chi connectivity index (χ2n) is 12.0. The zero-order chi connectivity index (χ0) is 33.3.